The molecule has 0 saturated carbocycles. The third-order valence-corrected chi connectivity index (χ3v) is 5.84. The lowest BCUT2D eigenvalue weighted by molar-refractivity contribution is -0.306. The lowest BCUT2D eigenvalue weighted by atomic mass is 10.1. The van der Waals surface area contributed by atoms with Gasteiger partial charge in [-0.2, -0.15) is 11.8 Å². The summed E-state index contributed by atoms with van der Waals surface area (Å²) in [4.78, 5) is 69.7. The number of cyclic esters (lactones) is 1. The Balaban J connectivity index is 1.48. The first-order chi connectivity index (χ1) is 15.3. The number of nitrogens with zero attached hydrogens (tertiary/aromatic N) is 1. The predicted octanol–water partition coefficient (Wildman–Crippen LogP) is -0.501. The monoisotopic (exact) mass is 465 g/mol. The van der Waals surface area contributed by atoms with E-state index in [0.717, 1.165) is 5.56 Å². The van der Waals surface area contributed by atoms with Gasteiger partial charge < -0.3 is 20.2 Å². The Hall–Kier alpha value is -3.12. The number of hydrogen-bond donors (Lipinski definition) is 2. The number of nitrogens with one attached hydrogen (secondary N) is 2. The van der Waals surface area contributed by atoms with Crippen LogP contribution in [0.1, 0.15) is 18.9 Å². The molecule has 0 aromatic heterocycles. The molecule has 3 rings (SSSR count). The number of benzene rings is 1. The summed E-state index contributed by atoms with van der Waals surface area (Å²) < 4.78 is 5.03. The number of rotatable bonds is 9. The summed E-state index contributed by atoms with van der Waals surface area (Å²) in [6.45, 7) is 1.55. The van der Waals surface area contributed by atoms with Gasteiger partial charge in [-0.3, -0.25) is 19.2 Å². The molecule has 3 amide bonds. The molecule has 3 atom stereocenters. The first-order valence-electron chi connectivity index (χ1n) is 9.91. The zero-order valence-electron chi connectivity index (χ0n) is 17.3. The summed E-state index contributed by atoms with van der Waals surface area (Å²) >= 11 is 1.27. The molecule has 2 N–H and O–H groups in total. The maximum atomic E-state index is 12.5. The van der Waals surface area contributed by atoms with Gasteiger partial charge in [0.1, 0.15) is 12.6 Å². The van der Waals surface area contributed by atoms with Crippen molar-refractivity contribution in [3.63, 3.8) is 0 Å². The Morgan fingerprint density at radius 3 is 2.69 bits per heavy atom. The van der Waals surface area contributed by atoms with E-state index < -0.39 is 35.2 Å². The smallest absolute Gasteiger partial charge is 0.377 e. The second kappa shape index (κ2) is 11.0. The average molecular weight is 465 g/mol. The predicted molar refractivity (Wildman–Crippen MR) is 110 cm³/mol. The first-order valence-corrected chi connectivity index (χ1v) is 11.0. The van der Waals surface area contributed by atoms with E-state index in [9.17, 15) is 24.0 Å². The average Bonchev–Trinajstić information content (AvgIpc) is 3.29. The molecule has 2 saturated heterocycles. The van der Waals surface area contributed by atoms with Crippen molar-refractivity contribution in [2.75, 3.05) is 18.9 Å². The van der Waals surface area contributed by atoms with Crippen molar-refractivity contribution in [3.8, 4) is 0 Å². The van der Waals surface area contributed by atoms with Gasteiger partial charge in [0.25, 0.3) is 0 Å². The molecule has 2 heterocycles. The minimum atomic E-state index is -1.21. The largest absolute Gasteiger partial charge is 0.449 e. The highest BCUT2D eigenvalue weighted by Gasteiger charge is 2.45. The number of amides is 3. The molecule has 2 fully saturated rings. The Morgan fingerprint density at radius 1 is 1.22 bits per heavy atom. The van der Waals surface area contributed by atoms with E-state index >= 15 is 0 Å². The van der Waals surface area contributed by atoms with Crippen molar-refractivity contribution in [2.24, 2.45) is 0 Å². The van der Waals surface area contributed by atoms with Crippen LogP contribution in [-0.4, -0.2) is 71.2 Å². The van der Waals surface area contributed by atoms with Crippen LogP contribution >= 0.6 is 11.8 Å². The fourth-order valence-corrected chi connectivity index (χ4v) is 4.18. The van der Waals surface area contributed by atoms with Gasteiger partial charge in [-0.15, -0.1) is 0 Å². The van der Waals surface area contributed by atoms with E-state index in [2.05, 4.69) is 10.6 Å². The Labute approximate surface area is 188 Å². The van der Waals surface area contributed by atoms with Gasteiger partial charge in [-0.1, -0.05) is 30.3 Å². The highest BCUT2D eigenvalue weighted by Crippen LogP contribution is 2.28. The zero-order chi connectivity index (χ0) is 23.1. The fourth-order valence-electron chi connectivity index (χ4n) is 3.06. The molecule has 0 bridgehead atoms. The van der Waals surface area contributed by atoms with E-state index in [4.69, 9.17) is 14.4 Å². The number of carbonyl (C=O) groups excluding carboxylic acids is 5. The molecule has 0 aliphatic carbocycles. The quantitative estimate of drug-likeness (QED) is 0.365. The molecule has 32 heavy (non-hydrogen) atoms. The van der Waals surface area contributed by atoms with Crippen LogP contribution in [0.3, 0.4) is 0 Å². The fraction of sp³-hybridized carbons (Fsp3) is 0.450. The van der Waals surface area contributed by atoms with Crippen LogP contribution in [0.25, 0.3) is 0 Å². The molecule has 1 aromatic carbocycles. The summed E-state index contributed by atoms with van der Waals surface area (Å²) in [7, 11) is 0. The van der Waals surface area contributed by atoms with Crippen LogP contribution in [0.4, 0.5) is 0 Å². The van der Waals surface area contributed by atoms with Crippen LogP contribution in [0.5, 0.6) is 0 Å². The third-order valence-electron chi connectivity index (χ3n) is 4.56. The maximum absolute atomic E-state index is 12.5. The molecule has 12 heteroatoms. The molecule has 2 unspecified atom stereocenters. The lowest BCUT2D eigenvalue weighted by Crippen LogP contribution is -2.44. The zero-order valence-corrected chi connectivity index (χ0v) is 18.1. The van der Waals surface area contributed by atoms with Gasteiger partial charge in [0.05, 0.1) is 18.1 Å². The standard InChI is InChI=1S/C20H23N3O8S/c1-12(24)21-7-8-32-15-10-17(26)30-18(15)20(28)31-23-19(27)14(11-29-23)22-16(25)9-13-5-3-2-4-6-13/h2-6,14-15,18H,7-11H2,1H3,(H,21,24)(H,22,25)/t14-,15?,18?/m0/s1. The Bertz CT molecular complexity index is 881. The van der Waals surface area contributed by atoms with Crippen LogP contribution in [0, 0.1) is 0 Å². The minimum Gasteiger partial charge on any atom is -0.449 e. The molecule has 2 aliphatic heterocycles. The highest BCUT2D eigenvalue weighted by atomic mass is 32.2. The van der Waals surface area contributed by atoms with Gasteiger partial charge in [0, 0.05) is 19.2 Å². The Kier molecular flexibility index (Phi) is 8.06. The van der Waals surface area contributed by atoms with E-state index in [-0.39, 0.29) is 31.3 Å². The van der Waals surface area contributed by atoms with Crippen molar-refractivity contribution in [1.29, 1.82) is 0 Å². The summed E-state index contributed by atoms with van der Waals surface area (Å²) in [5.41, 5.74) is 0.782. The minimum absolute atomic E-state index is 0.00250. The van der Waals surface area contributed by atoms with Crippen LogP contribution in [-0.2, 0) is 44.8 Å². The van der Waals surface area contributed by atoms with E-state index in [1.165, 1.54) is 18.7 Å². The van der Waals surface area contributed by atoms with E-state index in [1.54, 1.807) is 24.3 Å². The van der Waals surface area contributed by atoms with Crippen molar-refractivity contribution in [3.05, 3.63) is 35.9 Å². The van der Waals surface area contributed by atoms with E-state index in [1.807, 2.05) is 6.07 Å². The van der Waals surface area contributed by atoms with Crippen LogP contribution in [0.15, 0.2) is 30.3 Å². The Morgan fingerprint density at radius 2 is 1.97 bits per heavy atom. The molecule has 0 spiro atoms. The van der Waals surface area contributed by atoms with Crippen molar-refractivity contribution < 1.29 is 38.4 Å². The third kappa shape index (κ3) is 6.44. The van der Waals surface area contributed by atoms with Gasteiger partial charge in [-0.25, -0.2) is 9.63 Å². The number of carbonyl (C=O) groups is 5. The molecule has 0 radical (unpaired) electrons. The van der Waals surface area contributed by atoms with Gasteiger partial charge in [-0.05, 0) is 10.8 Å². The topological polar surface area (TPSA) is 140 Å². The molecule has 2 aliphatic rings. The van der Waals surface area contributed by atoms with Gasteiger partial charge in [0.2, 0.25) is 17.9 Å². The van der Waals surface area contributed by atoms with Gasteiger partial charge in [0.15, 0.2) is 0 Å². The summed E-state index contributed by atoms with van der Waals surface area (Å²) in [5, 5.41) is 5.03. The van der Waals surface area contributed by atoms with Crippen molar-refractivity contribution in [1.82, 2.24) is 15.9 Å². The summed E-state index contributed by atoms with van der Waals surface area (Å²) in [6, 6.07) is 8.00. The number of ether oxygens (including phenoxy) is 1. The molecular formula is C20H23N3O8S. The van der Waals surface area contributed by atoms with Gasteiger partial charge >= 0.3 is 17.8 Å². The first kappa shape index (κ1) is 23.5. The number of esters is 1. The SMILES string of the molecule is CC(=O)NCCSC1CC(=O)OC1C(=O)ON1OC[C@H](NC(=O)Cc2ccccc2)C1=O. The van der Waals surface area contributed by atoms with E-state index in [0.29, 0.717) is 17.5 Å². The summed E-state index contributed by atoms with van der Waals surface area (Å²) in [6.07, 6.45) is -1.13. The van der Waals surface area contributed by atoms with Crippen LogP contribution < -0.4 is 10.6 Å². The summed E-state index contributed by atoms with van der Waals surface area (Å²) in [5.74, 6) is -2.39. The highest BCUT2D eigenvalue weighted by molar-refractivity contribution is 8.00. The number of thioether (sulfide) groups is 1. The molecule has 1 aromatic rings. The van der Waals surface area contributed by atoms with Crippen LogP contribution in [0.2, 0.25) is 0 Å². The number of hydroxylamine groups is 2. The van der Waals surface area contributed by atoms with Crippen molar-refractivity contribution >= 4 is 41.4 Å². The molecule has 11 nitrogen and oxygen atoms in total. The lowest BCUT2D eigenvalue weighted by Gasteiger charge is -2.19. The van der Waals surface area contributed by atoms with Crippen molar-refractivity contribution in [2.45, 2.75) is 37.2 Å². The second-order valence-electron chi connectivity index (χ2n) is 7.09. The number of hydrogen-bond acceptors (Lipinski definition) is 9. The second-order valence-corrected chi connectivity index (χ2v) is 8.44. The maximum Gasteiger partial charge on any atom is 0.377 e. The molecular weight excluding hydrogens is 442 g/mol. The normalized spacial score (nSPS) is 22.4. The molecule has 172 valence electrons.